The maximum absolute atomic E-state index is 11.0. The summed E-state index contributed by atoms with van der Waals surface area (Å²) in [5.41, 5.74) is 0. The van der Waals surface area contributed by atoms with Crippen molar-refractivity contribution in [3.8, 4) is 0 Å². The monoisotopic (exact) mass is 318 g/mol. The van der Waals surface area contributed by atoms with Crippen molar-refractivity contribution in [1.29, 1.82) is 0 Å². The summed E-state index contributed by atoms with van der Waals surface area (Å²) < 4.78 is 2.87. The van der Waals surface area contributed by atoms with Crippen LogP contribution < -0.4 is 25.0 Å². The molecule has 0 fully saturated rings. The van der Waals surface area contributed by atoms with Gasteiger partial charge in [0.1, 0.15) is 0 Å². The Morgan fingerprint density at radius 2 is 2.23 bits per heavy atom. The summed E-state index contributed by atoms with van der Waals surface area (Å²) in [6.07, 6.45) is 0. The Hall–Kier alpha value is 0.510. The number of carboxylic acid groups (broad SMARTS) is 1. The van der Waals surface area contributed by atoms with Crippen LogP contribution in [0.25, 0.3) is 0 Å². The number of thioether (sulfide) groups is 1. The first-order valence-electron chi connectivity index (χ1n) is 4.06. The van der Waals surface area contributed by atoms with Gasteiger partial charge in [-0.3, -0.25) is 0 Å². The summed E-state index contributed by atoms with van der Waals surface area (Å²) in [5, 5.41) is 9.01. The molecule has 2 N–H and O–H groups in total. The summed E-state index contributed by atoms with van der Waals surface area (Å²) >= 11 is 1.50. The van der Waals surface area contributed by atoms with E-state index in [0.717, 1.165) is 5.75 Å². The van der Waals surface area contributed by atoms with Gasteiger partial charge in [-0.15, -0.1) is 0 Å². The number of carbonyl (C=O) groups is 1. The van der Waals surface area contributed by atoms with Crippen molar-refractivity contribution < 1.29 is 31.4 Å². The van der Waals surface area contributed by atoms with E-state index in [2.05, 4.69) is 3.53 Å². The molecular formula is C8H17INO2S-. The molecule has 0 saturated carbocycles. The van der Waals surface area contributed by atoms with Crippen molar-refractivity contribution in [3.63, 3.8) is 0 Å². The maximum atomic E-state index is 11.0. The molecule has 0 aromatic heterocycles. The number of nitrogens with one attached hydrogen (secondary N) is 1. The second-order valence-electron chi connectivity index (χ2n) is 3.11. The molecule has 5 heteroatoms. The molecule has 0 spiro atoms. The molecule has 0 bridgehead atoms. The second kappa shape index (κ2) is 6.08. The first kappa shape index (κ1) is 13.5. The van der Waals surface area contributed by atoms with E-state index >= 15 is 0 Å². The van der Waals surface area contributed by atoms with Gasteiger partial charge < -0.3 is 0 Å². The van der Waals surface area contributed by atoms with Crippen molar-refractivity contribution in [2.75, 3.05) is 10.7 Å². The summed E-state index contributed by atoms with van der Waals surface area (Å²) in [7, 11) is 0. The van der Waals surface area contributed by atoms with E-state index in [-0.39, 0.29) is 26.2 Å². The van der Waals surface area contributed by atoms with Crippen LogP contribution in [0.2, 0.25) is 0 Å². The number of aliphatic carboxylic acids is 1. The number of carboxylic acids is 1. The number of hydrogen-bond acceptors (Lipinski definition) is 3. The summed E-state index contributed by atoms with van der Waals surface area (Å²) in [4.78, 5) is 13.0. The summed E-state index contributed by atoms with van der Waals surface area (Å²) in [6, 6.07) is -0.421. The van der Waals surface area contributed by atoms with Crippen LogP contribution in [-0.4, -0.2) is 32.5 Å². The number of alkyl halides is 1. The normalized spacial score (nSPS) is 14.5. The topological polar surface area (TPSA) is 49.3 Å². The predicted octanol–water partition coefficient (Wildman–Crippen LogP) is -1.81. The van der Waals surface area contributed by atoms with E-state index in [0.29, 0.717) is 0 Å². The van der Waals surface area contributed by atoms with Gasteiger partial charge in [0.25, 0.3) is 0 Å². The molecule has 0 aromatic rings. The Balaban J connectivity index is 4.41. The van der Waals surface area contributed by atoms with Gasteiger partial charge in [-0.05, 0) is 0 Å². The van der Waals surface area contributed by atoms with E-state index < -0.39 is 12.0 Å². The van der Waals surface area contributed by atoms with Crippen LogP contribution in [0.3, 0.4) is 0 Å². The van der Waals surface area contributed by atoms with Gasteiger partial charge in [0.05, 0.1) is 0 Å². The van der Waals surface area contributed by atoms with E-state index in [1.165, 1.54) is 0 Å². The average molecular weight is 318 g/mol. The molecule has 0 radical (unpaired) electrons. The van der Waals surface area contributed by atoms with Crippen molar-refractivity contribution >= 4 is 17.7 Å². The molecule has 1 unspecified atom stereocenters. The standard InChI is InChI=1S/C8H17INO2S/c1-5-13-8(2,3)6(7(11)12)10-9-4/h6,10H,5H2,1-4H3,(H,11,12)/q-1. The molecule has 0 aliphatic heterocycles. The van der Waals surface area contributed by atoms with Gasteiger partial charge in [0, 0.05) is 0 Å². The Bertz CT molecular complexity index is 176. The molecule has 3 nitrogen and oxygen atoms in total. The van der Waals surface area contributed by atoms with E-state index in [9.17, 15) is 4.79 Å². The molecule has 0 heterocycles. The zero-order chi connectivity index (χ0) is 10.5. The number of halogens is 1. The molecule has 13 heavy (non-hydrogen) atoms. The van der Waals surface area contributed by atoms with Crippen molar-refractivity contribution in [2.24, 2.45) is 0 Å². The van der Waals surface area contributed by atoms with Gasteiger partial charge in [-0.25, -0.2) is 0 Å². The van der Waals surface area contributed by atoms with Gasteiger partial charge in [-0.2, -0.15) is 0 Å². The molecule has 0 amide bonds. The summed E-state index contributed by atoms with van der Waals surface area (Å²) in [6.45, 7) is 6.00. The van der Waals surface area contributed by atoms with Gasteiger partial charge in [0.15, 0.2) is 0 Å². The average Bonchev–Trinajstić information content (AvgIpc) is 1.99. The molecule has 0 aliphatic carbocycles. The van der Waals surface area contributed by atoms with Crippen LogP contribution in [0, 0.1) is 0 Å². The number of rotatable bonds is 6. The summed E-state index contributed by atoms with van der Waals surface area (Å²) in [5.74, 6) is 0.202. The van der Waals surface area contributed by atoms with E-state index in [1.54, 1.807) is 11.8 Å². The van der Waals surface area contributed by atoms with Gasteiger partial charge in [-0.1, -0.05) is 0 Å². The molecule has 0 rings (SSSR count). The zero-order valence-electron chi connectivity index (χ0n) is 8.43. The first-order chi connectivity index (χ1) is 5.95. The van der Waals surface area contributed by atoms with E-state index in [1.807, 2.05) is 25.7 Å². The van der Waals surface area contributed by atoms with Crippen molar-refractivity contribution in [2.45, 2.75) is 31.6 Å². The Kier molecular flexibility index (Phi) is 6.32. The van der Waals surface area contributed by atoms with Crippen LogP contribution in [0.4, 0.5) is 0 Å². The third-order valence-corrected chi connectivity index (χ3v) is 4.19. The predicted molar refractivity (Wildman–Crippen MR) is 52.7 cm³/mol. The first-order valence-corrected chi connectivity index (χ1v) is 8.28. The fraction of sp³-hybridized carbons (Fsp3) is 0.875. The third-order valence-electron chi connectivity index (χ3n) is 1.68. The minimum absolute atomic E-state index is 0.188. The quantitative estimate of drug-likeness (QED) is 0.345. The zero-order valence-corrected chi connectivity index (χ0v) is 11.4. The van der Waals surface area contributed by atoms with Gasteiger partial charge in [0.2, 0.25) is 0 Å². The second-order valence-corrected chi connectivity index (χ2v) is 6.73. The Morgan fingerprint density at radius 1 is 1.69 bits per heavy atom. The Labute approximate surface area is 94.7 Å². The van der Waals surface area contributed by atoms with Crippen LogP contribution in [-0.2, 0) is 4.79 Å². The minimum atomic E-state index is -0.743. The molecule has 0 aliphatic rings. The van der Waals surface area contributed by atoms with Crippen LogP contribution in [0.5, 0.6) is 0 Å². The molecule has 0 saturated heterocycles. The van der Waals surface area contributed by atoms with Crippen LogP contribution in [0.15, 0.2) is 0 Å². The fourth-order valence-electron chi connectivity index (χ4n) is 1.04. The van der Waals surface area contributed by atoms with Crippen LogP contribution in [0.1, 0.15) is 20.8 Å². The molecular weight excluding hydrogens is 301 g/mol. The van der Waals surface area contributed by atoms with Crippen molar-refractivity contribution in [1.82, 2.24) is 3.53 Å². The van der Waals surface area contributed by atoms with E-state index in [4.69, 9.17) is 5.11 Å². The van der Waals surface area contributed by atoms with Crippen LogP contribution >= 0.6 is 11.8 Å². The molecule has 0 aromatic carbocycles. The van der Waals surface area contributed by atoms with Crippen molar-refractivity contribution in [3.05, 3.63) is 0 Å². The molecule has 80 valence electrons. The SMILES string of the molecule is CCSC(C)(C)C(N[I-]C)C(=O)O. The fourth-order valence-corrected chi connectivity index (χ4v) is 3.99. The van der Waals surface area contributed by atoms with Gasteiger partial charge >= 0.3 is 94.9 Å². The third kappa shape index (κ3) is 4.51. The molecule has 1 atom stereocenters. The number of hydrogen-bond donors (Lipinski definition) is 2. The Morgan fingerprint density at radius 3 is 2.54 bits per heavy atom.